The molecular formula is C11H19N. The van der Waals surface area contributed by atoms with Crippen molar-refractivity contribution in [1.82, 2.24) is 5.32 Å². The zero-order valence-corrected chi connectivity index (χ0v) is 7.76. The molecule has 0 saturated heterocycles. The Labute approximate surface area is 74.9 Å². The molecule has 3 aliphatic rings. The Hall–Kier alpha value is -0.0400. The average molecular weight is 165 g/mol. The predicted molar refractivity (Wildman–Crippen MR) is 50.0 cm³/mol. The molecule has 1 heteroatoms. The summed E-state index contributed by atoms with van der Waals surface area (Å²) in [5.74, 6) is 3.23. The molecule has 3 saturated carbocycles. The van der Waals surface area contributed by atoms with Gasteiger partial charge in [0.2, 0.25) is 0 Å². The predicted octanol–water partition coefficient (Wildman–Crippen LogP) is 2.17. The first-order valence-electron chi connectivity index (χ1n) is 5.65. The zero-order valence-electron chi connectivity index (χ0n) is 7.76. The zero-order chi connectivity index (χ0) is 7.97. The van der Waals surface area contributed by atoms with Crippen molar-refractivity contribution in [3.63, 3.8) is 0 Å². The summed E-state index contributed by atoms with van der Waals surface area (Å²) in [6, 6.07) is 0.921. The van der Waals surface area contributed by atoms with Gasteiger partial charge in [-0.15, -0.1) is 0 Å². The number of rotatable bonds is 3. The smallest absolute Gasteiger partial charge is 0.00981 e. The highest BCUT2D eigenvalue weighted by Crippen LogP contribution is 2.44. The highest BCUT2D eigenvalue weighted by atomic mass is 14.9. The molecule has 0 amide bonds. The Balaban J connectivity index is 1.50. The van der Waals surface area contributed by atoms with E-state index in [4.69, 9.17) is 0 Å². The molecule has 3 atom stereocenters. The maximum Gasteiger partial charge on any atom is 0.00981 e. The number of hydrogen-bond acceptors (Lipinski definition) is 1. The van der Waals surface area contributed by atoms with E-state index in [2.05, 4.69) is 5.32 Å². The van der Waals surface area contributed by atoms with Gasteiger partial charge in [-0.25, -0.2) is 0 Å². The highest BCUT2D eigenvalue weighted by molar-refractivity contribution is 4.94. The van der Waals surface area contributed by atoms with Gasteiger partial charge in [-0.1, -0.05) is 6.42 Å². The van der Waals surface area contributed by atoms with Crippen LogP contribution in [0.1, 0.15) is 38.5 Å². The first-order valence-corrected chi connectivity index (χ1v) is 5.65. The van der Waals surface area contributed by atoms with Gasteiger partial charge in [0, 0.05) is 6.04 Å². The second kappa shape index (κ2) is 2.73. The highest BCUT2D eigenvalue weighted by Gasteiger charge is 2.39. The summed E-state index contributed by atoms with van der Waals surface area (Å²) in [4.78, 5) is 0. The van der Waals surface area contributed by atoms with Crippen molar-refractivity contribution in [3.8, 4) is 0 Å². The lowest BCUT2D eigenvalue weighted by Gasteiger charge is -2.22. The second-order valence-electron chi connectivity index (χ2n) is 5.13. The molecule has 0 unspecified atom stereocenters. The van der Waals surface area contributed by atoms with Crippen LogP contribution in [0.25, 0.3) is 0 Å². The molecule has 12 heavy (non-hydrogen) atoms. The third-order valence-corrected chi connectivity index (χ3v) is 4.10. The molecule has 2 bridgehead atoms. The summed E-state index contributed by atoms with van der Waals surface area (Å²) in [5.41, 5.74) is 0. The third kappa shape index (κ3) is 1.28. The van der Waals surface area contributed by atoms with Crippen molar-refractivity contribution in [2.75, 3.05) is 6.54 Å². The van der Waals surface area contributed by atoms with Crippen molar-refractivity contribution < 1.29 is 0 Å². The van der Waals surface area contributed by atoms with Gasteiger partial charge in [-0.2, -0.15) is 0 Å². The van der Waals surface area contributed by atoms with E-state index in [9.17, 15) is 0 Å². The molecule has 0 aliphatic heterocycles. The van der Waals surface area contributed by atoms with E-state index in [1.54, 1.807) is 6.42 Å². The van der Waals surface area contributed by atoms with Crippen molar-refractivity contribution >= 4 is 0 Å². The third-order valence-electron chi connectivity index (χ3n) is 4.10. The van der Waals surface area contributed by atoms with Gasteiger partial charge < -0.3 is 5.32 Å². The standard InChI is InChI=1S/C11H19N/c1-2-8(1)7-12-11-6-9-3-4-10(11)5-9/h8-12H,1-7H2/t9-,10-,11-/m0/s1. The molecular weight excluding hydrogens is 146 g/mol. The van der Waals surface area contributed by atoms with Crippen LogP contribution in [0, 0.1) is 17.8 Å². The van der Waals surface area contributed by atoms with Crippen LogP contribution in [0.4, 0.5) is 0 Å². The molecule has 3 fully saturated rings. The lowest BCUT2D eigenvalue weighted by molar-refractivity contribution is 0.348. The fourth-order valence-corrected chi connectivity index (χ4v) is 3.13. The average Bonchev–Trinajstić information content (AvgIpc) is 2.69. The summed E-state index contributed by atoms with van der Waals surface area (Å²) in [6.45, 7) is 1.33. The van der Waals surface area contributed by atoms with Crippen molar-refractivity contribution in [1.29, 1.82) is 0 Å². The van der Waals surface area contributed by atoms with Gasteiger partial charge in [0.25, 0.3) is 0 Å². The van der Waals surface area contributed by atoms with E-state index in [-0.39, 0.29) is 0 Å². The molecule has 1 N–H and O–H groups in total. The lowest BCUT2D eigenvalue weighted by Crippen LogP contribution is -2.35. The van der Waals surface area contributed by atoms with Crippen LogP contribution in [-0.2, 0) is 0 Å². The first kappa shape index (κ1) is 7.37. The van der Waals surface area contributed by atoms with Crippen LogP contribution >= 0.6 is 0 Å². The maximum absolute atomic E-state index is 3.77. The Morgan fingerprint density at radius 2 is 1.92 bits per heavy atom. The Morgan fingerprint density at radius 3 is 2.50 bits per heavy atom. The lowest BCUT2D eigenvalue weighted by atomic mass is 9.95. The monoisotopic (exact) mass is 165 g/mol. The maximum atomic E-state index is 3.77. The minimum atomic E-state index is 0.921. The van der Waals surface area contributed by atoms with E-state index in [1.165, 1.54) is 38.6 Å². The summed E-state index contributed by atoms with van der Waals surface area (Å²) in [7, 11) is 0. The van der Waals surface area contributed by atoms with Crippen molar-refractivity contribution in [2.45, 2.75) is 44.6 Å². The van der Waals surface area contributed by atoms with Crippen molar-refractivity contribution in [3.05, 3.63) is 0 Å². The van der Waals surface area contributed by atoms with Gasteiger partial charge in [-0.05, 0) is 56.4 Å². The van der Waals surface area contributed by atoms with E-state index in [1.807, 2.05) is 0 Å². The Morgan fingerprint density at radius 1 is 1.00 bits per heavy atom. The fourth-order valence-electron chi connectivity index (χ4n) is 3.13. The molecule has 1 nitrogen and oxygen atoms in total. The number of hydrogen-bond donors (Lipinski definition) is 1. The summed E-state index contributed by atoms with van der Waals surface area (Å²) in [6.07, 6.45) is 9.08. The van der Waals surface area contributed by atoms with Crippen LogP contribution in [0.15, 0.2) is 0 Å². The van der Waals surface area contributed by atoms with Crippen molar-refractivity contribution in [2.24, 2.45) is 17.8 Å². The normalized spacial score (nSPS) is 45.5. The first-order chi connectivity index (χ1) is 5.92. The van der Waals surface area contributed by atoms with Gasteiger partial charge >= 0.3 is 0 Å². The minimum absolute atomic E-state index is 0.921. The quantitative estimate of drug-likeness (QED) is 0.676. The fraction of sp³-hybridized carbons (Fsp3) is 1.00. The molecule has 68 valence electrons. The Kier molecular flexibility index (Phi) is 1.68. The van der Waals surface area contributed by atoms with E-state index < -0.39 is 0 Å². The number of nitrogens with one attached hydrogen (secondary N) is 1. The molecule has 0 spiro atoms. The number of fused-ring (bicyclic) bond motifs is 2. The summed E-state index contributed by atoms with van der Waals surface area (Å²) < 4.78 is 0. The van der Waals surface area contributed by atoms with Gasteiger partial charge in [0.1, 0.15) is 0 Å². The summed E-state index contributed by atoms with van der Waals surface area (Å²) >= 11 is 0. The molecule has 0 aromatic carbocycles. The molecule has 0 aromatic rings. The van der Waals surface area contributed by atoms with E-state index in [0.29, 0.717) is 0 Å². The molecule has 0 heterocycles. The SMILES string of the molecule is C1CC1CN[C@H]1C[C@H]2CC[C@H]1C2. The van der Waals surface area contributed by atoms with Crippen LogP contribution in [-0.4, -0.2) is 12.6 Å². The van der Waals surface area contributed by atoms with Crippen LogP contribution in [0.2, 0.25) is 0 Å². The minimum Gasteiger partial charge on any atom is -0.313 e. The van der Waals surface area contributed by atoms with E-state index >= 15 is 0 Å². The largest absolute Gasteiger partial charge is 0.313 e. The van der Waals surface area contributed by atoms with Crippen LogP contribution in [0.5, 0.6) is 0 Å². The molecule has 3 aliphatic carbocycles. The molecule has 0 aromatic heterocycles. The Bertz CT molecular complexity index is 174. The molecule has 0 radical (unpaired) electrons. The van der Waals surface area contributed by atoms with Gasteiger partial charge in [0.05, 0.1) is 0 Å². The van der Waals surface area contributed by atoms with Gasteiger partial charge in [-0.3, -0.25) is 0 Å². The van der Waals surface area contributed by atoms with E-state index in [0.717, 1.165) is 23.8 Å². The topological polar surface area (TPSA) is 12.0 Å². The van der Waals surface area contributed by atoms with Crippen LogP contribution in [0.3, 0.4) is 0 Å². The molecule has 3 rings (SSSR count). The van der Waals surface area contributed by atoms with Crippen LogP contribution < -0.4 is 5.32 Å². The second-order valence-corrected chi connectivity index (χ2v) is 5.13. The van der Waals surface area contributed by atoms with Gasteiger partial charge in [0.15, 0.2) is 0 Å². The summed E-state index contributed by atoms with van der Waals surface area (Å²) in [5, 5.41) is 3.77.